The maximum absolute atomic E-state index is 11.7. The first-order chi connectivity index (χ1) is 8.19. The fourth-order valence-corrected chi connectivity index (χ4v) is 3.20. The summed E-state index contributed by atoms with van der Waals surface area (Å²) < 4.78 is 0. The molecule has 2 heterocycles. The number of amides is 1. The van der Waals surface area contributed by atoms with Gasteiger partial charge in [-0.15, -0.1) is 0 Å². The Labute approximate surface area is 105 Å². The van der Waals surface area contributed by atoms with Crippen LogP contribution in [0.25, 0.3) is 0 Å². The van der Waals surface area contributed by atoms with Crippen LogP contribution in [0.2, 0.25) is 0 Å². The van der Waals surface area contributed by atoms with E-state index in [1.54, 1.807) is 0 Å². The van der Waals surface area contributed by atoms with Gasteiger partial charge in [0.1, 0.15) is 0 Å². The monoisotopic (exact) mass is 238 g/mol. The summed E-state index contributed by atoms with van der Waals surface area (Å²) >= 11 is 0. The smallest absolute Gasteiger partial charge is 0.222 e. The van der Waals surface area contributed by atoms with Gasteiger partial charge in [0.05, 0.1) is 0 Å². The molecule has 2 rings (SSSR count). The minimum absolute atomic E-state index is 0.370. The van der Waals surface area contributed by atoms with Gasteiger partial charge in [0.2, 0.25) is 5.91 Å². The number of likely N-dealkylation sites (tertiary alicyclic amines) is 2. The average Bonchev–Trinajstić information content (AvgIpc) is 2.28. The Bertz CT molecular complexity index is 261. The van der Waals surface area contributed by atoms with Crippen molar-refractivity contribution in [3.63, 3.8) is 0 Å². The third kappa shape index (κ3) is 2.82. The SMILES string of the molecule is CCCC(=O)N1CC2(CCN(CCC)CC2)C1. The van der Waals surface area contributed by atoms with E-state index in [2.05, 4.69) is 23.6 Å². The van der Waals surface area contributed by atoms with Crippen LogP contribution in [0.3, 0.4) is 0 Å². The Kier molecular flexibility index (Phi) is 4.08. The average molecular weight is 238 g/mol. The van der Waals surface area contributed by atoms with E-state index in [1.165, 1.54) is 38.9 Å². The van der Waals surface area contributed by atoms with Gasteiger partial charge in [0, 0.05) is 24.9 Å². The van der Waals surface area contributed by atoms with E-state index in [0.29, 0.717) is 11.3 Å². The van der Waals surface area contributed by atoms with Crippen molar-refractivity contribution in [1.29, 1.82) is 0 Å². The number of nitrogens with zero attached hydrogens (tertiary/aromatic N) is 2. The van der Waals surface area contributed by atoms with Gasteiger partial charge in [-0.1, -0.05) is 13.8 Å². The molecule has 98 valence electrons. The van der Waals surface area contributed by atoms with Crippen LogP contribution in [0.4, 0.5) is 0 Å². The second-order valence-electron chi connectivity index (χ2n) is 5.84. The molecule has 2 fully saturated rings. The number of carbonyl (C=O) groups is 1. The van der Waals surface area contributed by atoms with Crippen molar-refractivity contribution in [3.8, 4) is 0 Å². The molecule has 2 saturated heterocycles. The highest BCUT2D eigenvalue weighted by atomic mass is 16.2. The molecule has 0 aromatic carbocycles. The molecule has 2 aliphatic heterocycles. The molecule has 1 spiro atoms. The molecule has 0 aromatic heterocycles. The van der Waals surface area contributed by atoms with Gasteiger partial charge in [-0.25, -0.2) is 0 Å². The Morgan fingerprint density at radius 3 is 2.29 bits per heavy atom. The van der Waals surface area contributed by atoms with Crippen LogP contribution in [-0.4, -0.2) is 48.4 Å². The first kappa shape index (κ1) is 12.9. The lowest BCUT2D eigenvalue weighted by Crippen LogP contribution is -2.61. The Morgan fingerprint density at radius 2 is 1.76 bits per heavy atom. The van der Waals surface area contributed by atoms with E-state index >= 15 is 0 Å². The topological polar surface area (TPSA) is 23.6 Å². The van der Waals surface area contributed by atoms with Crippen LogP contribution in [0.15, 0.2) is 0 Å². The van der Waals surface area contributed by atoms with Gasteiger partial charge in [0.15, 0.2) is 0 Å². The zero-order chi connectivity index (χ0) is 12.3. The van der Waals surface area contributed by atoms with Crippen LogP contribution in [-0.2, 0) is 4.79 Å². The van der Waals surface area contributed by atoms with Gasteiger partial charge >= 0.3 is 0 Å². The van der Waals surface area contributed by atoms with E-state index in [9.17, 15) is 4.79 Å². The zero-order valence-corrected chi connectivity index (χ0v) is 11.4. The Morgan fingerprint density at radius 1 is 1.12 bits per heavy atom. The minimum Gasteiger partial charge on any atom is -0.341 e. The third-order valence-electron chi connectivity index (χ3n) is 4.33. The molecule has 3 nitrogen and oxygen atoms in total. The highest BCUT2D eigenvalue weighted by Gasteiger charge is 2.45. The number of rotatable bonds is 4. The molecule has 1 amide bonds. The lowest BCUT2D eigenvalue weighted by molar-refractivity contribution is -0.146. The fraction of sp³-hybridized carbons (Fsp3) is 0.929. The zero-order valence-electron chi connectivity index (χ0n) is 11.4. The first-order valence-corrected chi connectivity index (χ1v) is 7.19. The summed E-state index contributed by atoms with van der Waals surface area (Å²) in [5.74, 6) is 0.370. The quantitative estimate of drug-likeness (QED) is 0.749. The predicted octanol–water partition coefficient (Wildman–Crippen LogP) is 2.12. The lowest BCUT2D eigenvalue weighted by atomic mass is 9.72. The van der Waals surface area contributed by atoms with Crippen molar-refractivity contribution < 1.29 is 4.79 Å². The first-order valence-electron chi connectivity index (χ1n) is 7.19. The minimum atomic E-state index is 0.370. The van der Waals surface area contributed by atoms with Crippen molar-refractivity contribution >= 4 is 5.91 Å². The summed E-state index contributed by atoms with van der Waals surface area (Å²) in [6.07, 6.45) is 5.56. The standard InChI is InChI=1S/C14H26N2O/c1-3-5-13(17)16-11-14(12-16)6-9-15(8-4-2)10-7-14/h3-12H2,1-2H3. The predicted molar refractivity (Wildman–Crippen MR) is 69.9 cm³/mol. The molecular formula is C14H26N2O. The van der Waals surface area contributed by atoms with E-state index in [4.69, 9.17) is 0 Å². The Balaban J connectivity index is 1.74. The van der Waals surface area contributed by atoms with E-state index in [-0.39, 0.29) is 0 Å². The van der Waals surface area contributed by atoms with E-state index < -0.39 is 0 Å². The number of hydrogen-bond donors (Lipinski definition) is 0. The molecule has 0 atom stereocenters. The molecule has 2 aliphatic rings. The third-order valence-corrected chi connectivity index (χ3v) is 4.33. The van der Waals surface area contributed by atoms with Crippen LogP contribution >= 0.6 is 0 Å². The van der Waals surface area contributed by atoms with Crippen LogP contribution in [0.5, 0.6) is 0 Å². The molecule has 0 bridgehead atoms. The van der Waals surface area contributed by atoms with Gasteiger partial charge < -0.3 is 9.80 Å². The maximum Gasteiger partial charge on any atom is 0.222 e. The van der Waals surface area contributed by atoms with Crippen molar-refractivity contribution in [3.05, 3.63) is 0 Å². The van der Waals surface area contributed by atoms with Crippen molar-refractivity contribution in [2.75, 3.05) is 32.7 Å². The van der Waals surface area contributed by atoms with Crippen LogP contribution in [0, 0.1) is 5.41 Å². The second kappa shape index (κ2) is 5.38. The fourth-order valence-electron chi connectivity index (χ4n) is 3.20. The summed E-state index contributed by atoms with van der Waals surface area (Å²) in [6.45, 7) is 10.1. The Hall–Kier alpha value is -0.570. The summed E-state index contributed by atoms with van der Waals surface area (Å²) in [6, 6.07) is 0. The number of piperidine rings is 1. The number of hydrogen-bond acceptors (Lipinski definition) is 2. The van der Waals surface area contributed by atoms with Crippen LogP contribution in [0.1, 0.15) is 46.0 Å². The van der Waals surface area contributed by atoms with Gasteiger partial charge in [-0.05, 0) is 45.3 Å². The molecule has 0 unspecified atom stereocenters. The van der Waals surface area contributed by atoms with Gasteiger partial charge in [-0.2, -0.15) is 0 Å². The van der Waals surface area contributed by atoms with Crippen molar-refractivity contribution in [1.82, 2.24) is 9.80 Å². The highest BCUT2D eigenvalue weighted by molar-refractivity contribution is 5.77. The molecule has 3 heteroatoms. The largest absolute Gasteiger partial charge is 0.341 e. The van der Waals surface area contributed by atoms with Crippen molar-refractivity contribution in [2.24, 2.45) is 5.41 Å². The molecule has 0 radical (unpaired) electrons. The van der Waals surface area contributed by atoms with E-state index in [0.717, 1.165) is 25.9 Å². The number of carbonyl (C=O) groups excluding carboxylic acids is 1. The van der Waals surface area contributed by atoms with Crippen molar-refractivity contribution in [2.45, 2.75) is 46.0 Å². The highest BCUT2D eigenvalue weighted by Crippen LogP contribution is 2.40. The summed E-state index contributed by atoms with van der Waals surface area (Å²) in [5, 5.41) is 0. The normalized spacial score (nSPS) is 23.8. The summed E-state index contributed by atoms with van der Waals surface area (Å²) in [5.41, 5.74) is 0.494. The molecule has 17 heavy (non-hydrogen) atoms. The van der Waals surface area contributed by atoms with Crippen LogP contribution < -0.4 is 0 Å². The maximum atomic E-state index is 11.7. The molecule has 0 N–H and O–H groups in total. The van der Waals surface area contributed by atoms with E-state index in [1.807, 2.05) is 0 Å². The molecule has 0 aliphatic carbocycles. The lowest BCUT2D eigenvalue weighted by Gasteiger charge is -2.54. The molecular weight excluding hydrogens is 212 g/mol. The second-order valence-corrected chi connectivity index (χ2v) is 5.84. The van der Waals surface area contributed by atoms with Gasteiger partial charge in [-0.3, -0.25) is 4.79 Å². The molecule has 0 saturated carbocycles. The summed E-state index contributed by atoms with van der Waals surface area (Å²) in [4.78, 5) is 16.4. The molecule has 0 aromatic rings. The summed E-state index contributed by atoms with van der Waals surface area (Å²) in [7, 11) is 0. The van der Waals surface area contributed by atoms with Gasteiger partial charge in [0.25, 0.3) is 0 Å².